The second kappa shape index (κ2) is 9.53. The Kier molecular flexibility index (Phi) is 7.54. The van der Waals surface area contributed by atoms with E-state index >= 15 is 0 Å². The fourth-order valence-corrected chi connectivity index (χ4v) is 4.01. The molecular formula is C18H26Se. The minimum atomic E-state index is 0.253. The normalized spacial score (nSPS) is 21.1. The molecule has 2 aliphatic carbocycles. The van der Waals surface area contributed by atoms with Gasteiger partial charge in [0, 0.05) is 0 Å². The summed E-state index contributed by atoms with van der Waals surface area (Å²) >= 11 is 0.253. The molecule has 0 aromatic heterocycles. The number of hydrogen-bond acceptors (Lipinski definition) is 0. The molecule has 2 aliphatic rings. The summed E-state index contributed by atoms with van der Waals surface area (Å²) in [6.07, 6.45) is 16.5. The van der Waals surface area contributed by atoms with Gasteiger partial charge >= 0.3 is 125 Å². The van der Waals surface area contributed by atoms with E-state index in [0.717, 1.165) is 24.7 Å². The Morgan fingerprint density at radius 2 is 1.05 bits per heavy atom. The molecular weight excluding hydrogens is 295 g/mol. The van der Waals surface area contributed by atoms with Crippen LogP contribution in [0.5, 0.6) is 0 Å². The van der Waals surface area contributed by atoms with Crippen LogP contribution in [0, 0.1) is 33.3 Å². The minimum absolute atomic E-state index is 0.253. The molecule has 0 spiro atoms. The molecule has 0 atom stereocenters. The van der Waals surface area contributed by atoms with Crippen molar-refractivity contribution in [2.24, 2.45) is 11.8 Å². The van der Waals surface area contributed by atoms with Crippen molar-refractivity contribution in [3.05, 3.63) is 0 Å². The van der Waals surface area contributed by atoms with E-state index in [9.17, 15) is 0 Å². The summed E-state index contributed by atoms with van der Waals surface area (Å²) in [6, 6.07) is 0. The van der Waals surface area contributed by atoms with Crippen molar-refractivity contribution >= 4 is 15.0 Å². The maximum atomic E-state index is 3.37. The summed E-state index contributed by atoms with van der Waals surface area (Å²) in [4.78, 5) is 6.62. The first kappa shape index (κ1) is 15.0. The van der Waals surface area contributed by atoms with E-state index in [-0.39, 0.29) is 15.0 Å². The molecule has 0 bridgehead atoms. The van der Waals surface area contributed by atoms with E-state index in [2.05, 4.69) is 21.5 Å². The SMILES string of the molecule is C(#C[Se]C#CCC1CCCCC1)CC1CCCCC1. The molecule has 0 saturated heterocycles. The van der Waals surface area contributed by atoms with Crippen molar-refractivity contribution in [3.63, 3.8) is 0 Å². The van der Waals surface area contributed by atoms with Gasteiger partial charge in [-0.25, -0.2) is 0 Å². The molecule has 0 aromatic carbocycles. The Balaban J connectivity index is 1.55. The molecule has 2 rings (SSSR count). The monoisotopic (exact) mass is 322 g/mol. The second-order valence-electron chi connectivity index (χ2n) is 6.08. The molecule has 0 amide bonds. The van der Waals surface area contributed by atoms with Crippen LogP contribution in [0.4, 0.5) is 0 Å². The predicted octanol–water partition coefficient (Wildman–Crippen LogP) is 4.55. The Bertz CT molecular complexity index is 315. The molecule has 0 aliphatic heterocycles. The van der Waals surface area contributed by atoms with Crippen LogP contribution in [-0.2, 0) is 0 Å². The van der Waals surface area contributed by atoms with Crippen molar-refractivity contribution in [1.82, 2.24) is 0 Å². The quantitative estimate of drug-likeness (QED) is 0.517. The summed E-state index contributed by atoms with van der Waals surface area (Å²) in [5, 5.41) is 0. The topological polar surface area (TPSA) is 0 Å². The van der Waals surface area contributed by atoms with E-state index < -0.39 is 0 Å². The van der Waals surface area contributed by atoms with Gasteiger partial charge in [0.05, 0.1) is 0 Å². The standard InChI is InChI=1S/C18H26Se/c1-3-9-17(10-4-1)13-7-15-19-16-8-14-18-11-5-2-6-12-18/h17-18H,1-6,9-14H2. The summed E-state index contributed by atoms with van der Waals surface area (Å²) in [6.45, 7) is 0. The third-order valence-electron chi connectivity index (χ3n) is 4.48. The van der Waals surface area contributed by atoms with Crippen LogP contribution >= 0.6 is 0 Å². The third-order valence-corrected chi connectivity index (χ3v) is 5.51. The fourth-order valence-electron chi connectivity index (χ4n) is 3.25. The average molecular weight is 321 g/mol. The second-order valence-corrected chi connectivity index (χ2v) is 7.36. The van der Waals surface area contributed by atoms with Crippen LogP contribution in [-0.4, -0.2) is 15.0 Å². The van der Waals surface area contributed by atoms with Crippen LogP contribution in [0.1, 0.15) is 77.0 Å². The van der Waals surface area contributed by atoms with E-state index in [1.807, 2.05) is 0 Å². The summed E-state index contributed by atoms with van der Waals surface area (Å²) in [5.41, 5.74) is 0. The van der Waals surface area contributed by atoms with Crippen molar-refractivity contribution in [1.29, 1.82) is 0 Å². The van der Waals surface area contributed by atoms with Crippen LogP contribution in [0.25, 0.3) is 0 Å². The zero-order valence-corrected chi connectivity index (χ0v) is 13.8. The van der Waals surface area contributed by atoms with Crippen molar-refractivity contribution in [3.8, 4) is 21.5 Å². The van der Waals surface area contributed by atoms with E-state index in [1.54, 1.807) is 0 Å². The predicted molar refractivity (Wildman–Crippen MR) is 83.7 cm³/mol. The van der Waals surface area contributed by atoms with Gasteiger partial charge < -0.3 is 0 Å². The van der Waals surface area contributed by atoms with Crippen LogP contribution < -0.4 is 0 Å². The van der Waals surface area contributed by atoms with Gasteiger partial charge in [-0.05, 0) is 0 Å². The van der Waals surface area contributed by atoms with Gasteiger partial charge in [0.15, 0.2) is 0 Å². The fraction of sp³-hybridized carbons (Fsp3) is 0.778. The van der Waals surface area contributed by atoms with E-state index in [0.29, 0.717) is 0 Å². The molecule has 0 nitrogen and oxygen atoms in total. The van der Waals surface area contributed by atoms with Crippen molar-refractivity contribution in [2.45, 2.75) is 77.0 Å². The van der Waals surface area contributed by atoms with Gasteiger partial charge in [-0.2, -0.15) is 0 Å². The van der Waals surface area contributed by atoms with Gasteiger partial charge in [-0.15, -0.1) is 0 Å². The van der Waals surface area contributed by atoms with E-state index in [1.165, 1.54) is 64.2 Å². The van der Waals surface area contributed by atoms with Gasteiger partial charge in [-0.1, -0.05) is 0 Å². The molecule has 104 valence electrons. The van der Waals surface area contributed by atoms with E-state index in [4.69, 9.17) is 0 Å². The molecule has 0 aromatic rings. The molecule has 0 heterocycles. The number of hydrogen-bond donors (Lipinski definition) is 0. The molecule has 19 heavy (non-hydrogen) atoms. The first-order valence-corrected chi connectivity index (χ1v) is 9.78. The molecule has 0 unspecified atom stereocenters. The Labute approximate surface area is 125 Å². The summed E-state index contributed by atoms with van der Waals surface area (Å²) < 4.78 is 0. The first-order chi connectivity index (χ1) is 9.45. The summed E-state index contributed by atoms with van der Waals surface area (Å²) in [7, 11) is 0. The average Bonchev–Trinajstić information content (AvgIpc) is 2.48. The van der Waals surface area contributed by atoms with Gasteiger partial charge in [0.25, 0.3) is 0 Å². The maximum absolute atomic E-state index is 3.37. The van der Waals surface area contributed by atoms with Crippen molar-refractivity contribution in [2.75, 3.05) is 0 Å². The Morgan fingerprint density at radius 3 is 1.47 bits per heavy atom. The zero-order valence-electron chi connectivity index (χ0n) is 12.0. The molecule has 2 fully saturated rings. The summed E-state index contributed by atoms with van der Waals surface area (Å²) in [5.74, 6) is 8.53. The van der Waals surface area contributed by atoms with Crippen LogP contribution in [0.2, 0.25) is 0 Å². The zero-order chi connectivity index (χ0) is 13.2. The van der Waals surface area contributed by atoms with Crippen LogP contribution in [0.3, 0.4) is 0 Å². The third kappa shape index (κ3) is 6.56. The molecule has 2 saturated carbocycles. The first-order valence-electron chi connectivity index (χ1n) is 8.06. The number of rotatable bonds is 2. The van der Waals surface area contributed by atoms with Crippen molar-refractivity contribution < 1.29 is 0 Å². The van der Waals surface area contributed by atoms with Crippen LogP contribution in [0.15, 0.2) is 0 Å². The van der Waals surface area contributed by atoms with Gasteiger partial charge in [0.2, 0.25) is 0 Å². The van der Waals surface area contributed by atoms with Gasteiger partial charge in [-0.3, -0.25) is 0 Å². The molecule has 0 N–H and O–H groups in total. The van der Waals surface area contributed by atoms with Gasteiger partial charge in [0.1, 0.15) is 0 Å². The molecule has 1 heteroatoms. The Morgan fingerprint density at radius 1 is 0.632 bits per heavy atom. The molecule has 0 radical (unpaired) electrons. The Hall–Kier alpha value is -0.361.